The van der Waals surface area contributed by atoms with E-state index in [1.165, 1.54) is 11.1 Å². The third-order valence-electron chi connectivity index (χ3n) is 8.08. The molecule has 172 valence electrons. The maximum atomic E-state index is 8.39. The van der Waals surface area contributed by atoms with Crippen molar-refractivity contribution in [1.82, 2.24) is 4.98 Å². The van der Waals surface area contributed by atoms with Crippen LogP contribution in [0.25, 0.3) is 44.0 Å². The van der Waals surface area contributed by atoms with E-state index in [1.54, 1.807) is 6.20 Å². The molecule has 3 heteroatoms. The fourth-order valence-electron chi connectivity index (χ4n) is 6.08. The standard InChI is InChI=1S/C31H33N2O/c1-18-16-19(2)25(23-17-32-14-15-33(23)7)29-24(18)21-10-8-20-9-11-22-27(26(20)28(21)34-29)31(5,6)13-12-30(22,3)4/h8-11,14-17H,12-13H2,1-7H3/q+1/i1D3. The number of rotatable bonds is 1. The molecular weight excluding hydrogens is 416 g/mol. The lowest BCUT2D eigenvalue weighted by molar-refractivity contribution is -0.660. The molecule has 0 atom stereocenters. The first-order chi connectivity index (χ1) is 17.3. The van der Waals surface area contributed by atoms with Crippen LogP contribution < -0.4 is 4.57 Å². The van der Waals surface area contributed by atoms with E-state index in [2.05, 4.69) is 50.9 Å². The SMILES string of the molecule is [2H]C([2H])([2H])c1cc(C)c(-c2cncc[n+]2C)c2oc3c(ccc4ccc5c(c43)C(C)(C)CCC5(C)C)c12. The largest absolute Gasteiger partial charge is 0.454 e. The van der Waals surface area contributed by atoms with Gasteiger partial charge in [0.25, 0.3) is 0 Å². The van der Waals surface area contributed by atoms with Crippen LogP contribution >= 0.6 is 0 Å². The Bertz CT molecular complexity index is 1740. The van der Waals surface area contributed by atoms with Crippen LogP contribution in [0.3, 0.4) is 0 Å². The van der Waals surface area contributed by atoms with E-state index in [9.17, 15) is 0 Å². The van der Waals surface area contributed by atoms with Gasteiger partial charge in [0.1, 0.15) is 18.2 Å². The number of furan rings is 1. The molecule has 0 amide bonds. The van der Waals surface area contributed by atoms with Gasteiger partial charge in [-0.2, -0.15) is 4.57 Å². The van der Waals surface area contributed by atoms with Crippen LogP contribution in [0.5, 0.6) is 0 Å². The molecule has 0 unspecified atom stereocenters. The minimum absolute atomic E-state index is 0.0288. The van der Waals surface area contributed by atoms with Crippen LogP contribution in [-0.4, -0.2) is 4.98 Å². The van der Waals surface area contributed by atoms with E-state index in [-0.39, 0.29) is 10.8 Å². The molecule has 2 aromatic heterocycles. The fourth-order valence-corrected chi connectivity index (χ4v) is 6.08. The van der Waals surface area contributed by atoms with Gasteiger partial charge in [-0.05, 0) is 71.2 Å². The summed E-state index contributed by atoms with van der Waals surface area (Å²) in [4.78, 5) is 4.36. The summed E-state index contributed by atoms with van der Waals surface area (Å²) in [6, 6.07) is 10.4. The van der Waals surface area contributed by atoms with E-state index in [1.807, 2.05) is 43.1 Å². The molecule has 34 heavy (non-hydrogen) atoms. The number of aryl methyl sites for hydroxylation is 3. The summed E-state index contributed by atoms with van der Waals surface area (Å²) in [5.74, 6) is 0. The number of fused-ring (bicyclic) bond motifs is 7. The molecule has 3 aromatic carbocycles. The predicted octanol–water partition coefficient (Wildman–Crippen LogP) is 7.59. The summed E-state index contributed by atoms with van der Waals surface area (Å²) in [5, 5.41) is 3.76. The minimum Gasteiger partial charge on any atom is -0.454 e. The fraction of sp³-hybridized carbons (Fsp3) is 0.355. The van der Waals surface area contributed by atoms with Gasteiger partial charge < -0.3 is 4.42 Å². The molecule has 5 aromatic rings. The molecule has 0 N–H and O–H groups in total. The highest BCUT2D eigenvalue weighted by Gasteiger charge is 2.39. The zero-order valence-electron chi connectivity index (χ0n) is 23.8. The lowest BCUT2D eigenvalue weighted by atomic mass is 9.62. The minimum atomic E-state index is -2.28. The number of nitrogens with zero attached hydrogens (tertiary/aromatic N) is 2. The maximum Gasteiger partial charge on any atom is 0.234 e. The zero-order chi connectivity index (χ0) is 26.5. The van der Waals surface area contributed by atoms with Crippen molar-refractivity contribution in [2.45, 2.75) is 65.1 Å². The first-order valence-corrected chi connectivity index (χ1v) is 12.1. The second-order valence-electron chi connectivity index (χ2n) is 11.3. The van der Waals surface area contributed by atoms with E-state index in [4.69, 9.17) is 8.53 Å². The van der Waals surface area contributed by atoms with Crippen LogP contribution in [0.2, 0.25) is 0 Å². The van der Waals surface area contributed by atoms with E-state index < -0.39 is 6.85 Å². The lowest BCUT2D eigenvalue weighted by Crippen LogP contribution is -2.34. The van der Waals surface area contributed by atoms with Gasteiger partial charge in [-0.3, -0.25) is 4.98 Å². The normalized spacial score (nSPS) is 18.6. The molecule has 0 bridgehead atoms. The van der Waals surface area contributed by atoms with Gasteiger partial charge in [0.05, 0.1) is 18.0 Å². The zero-order valence-corrected chi connectivity index (χ0v) is 20.8. The summed E-state index contributed by atoms with van der Waals surface area (Å²) < 4.78 is 34.0. The van der Waals surface area contributed by atoms with Crippen molar-refractivity contribution in [3.63, 3.8) is 0 Å². The average molecular weight is 453 g/mol. The number of aromatic nitrogens is 2. The quantitative estimate of drug-likeness (QED) is 0.245. The van der Waals surface area contributed by atoms with Gasteiger partial charge in [0, 0.05) is 20.3 Å². The Kier molecular flexibility index (Phi) is 3.69. The number of hydrogen-bond acceptors (Lipinski definition) is 2. The summed E-state index contributed by atoms with van der Waals surface area (Å²) in [5.41, 5.74) is 7.05. The molecular formula is C31H33N2O+. The van der Waals surface area contributed by atoms with Crippen molar-refractivity contribution >= 4 is 32.7 Å². The molecule has 3 nitrogen and oxygen atoms in total. The second-order valence-corrected chi connectivity index (χ2v) is 11.3. The molecule has 1 aliphatic carbocycles. The van der Waals surface area contributed by atoms with Crippen molar-refractivity contribution in [2.24, 2.45) is 7.05 Å². The lowest BCUT2D eigenvalue weighted by Gasteiger charge is -2.42. The number of hydrogen-bond donors (Lipinski definition) is 0. The number of benzene rings is 3. The Morgan fingerprint density at radius 1 is 0.971 bits per heavy atom. The summed E-state index contributed by atoms with van der Waals surface area (Å²) in [7, 11) is 1.97. The van der Waals surface area contributed by atoms with Crippen LogP contribution in [-0.2, 0) is 17.9 Å². The van der Waals surface area contributed by atoms with Crippen molar-refractivity contribution in [2.75, 3.05) is 0 Å². The van der Waals surface area contributed by atoms with Gasteiger partial charge in [-0.15, -0.1) is 0 Å². The molecule has 0 aliphatic heterocycles. The Labute approximate surface area is 205 Å². The van der Waals surface area contributed by atoms with Gasteiger partial charge in [0.2, 0.25) is 5.69 Å². The van der Waals surface area contributed by atoms with Crippen LogP contribution in [0, 0.1) is 13.8 Å². The predicted molar refractivity (Wildman–Crippen MR) is 140 cm³/mol. The van der Waals surface area contributed by atoms with Crippen molar-refractivity contribution in [3.8, 4) is 11.3 Å². The molecule has 0 fully saturated rings. The molecule has 0 spiro atoms. The smallest absolute Gasteiger partial charge is 0.234 e. The van der Waals surface area contributed by atoms with Crippen LogP contribution in [0.15, 0.2) is 53.3 Å². The van der Waals surface area contributed by atoms with Crippen molar-refractivity contribution in [3.05, 3.63) is 71.2 Å². The van der Waals surface area contributed by atoms with E-state index >= 15 is 0 Å². The highest BCUT2D eigenvalue weighted by molar-refractivity contribution is 6.19. The topological polar surface area (TPSA) is 29.9 Å². The van der Waals surface area contributed by atoms with Gasteiger partial charge in [0.15, 0.2) is 6.20 Å². The van der Waals surface area contributed by atoms with Gasteiger partial charge in [-0.1, -0.05) is 52.0 Å². The Morgan fingerprint density at radius 2 is 1.74 bits per heavy atom. The van der Waals surface area contributed by atoms with Gasteiger partial charge in [-0.25, -0.2) is 0 Å². The molecule has 0 saturated heterocycles. The van der Waals surface area contributed by atoms with Crippen LogP contribution in [0.4, 0.5) is 0 Å². The third kappa shape index (κ3) is 2.82. The monoisotopic (exact) mass is 452 g/mol. The first-order valence-electron chi connectivity index (χ1n) is 13.6. The highest BCUT2D eigenvalue weighted by atomic mass is 16.3. The summed E-state index contributed by atoms with van der Waals surface area (Å²) in [6.45, 7) is 8.96. The highest BCUT2D eigenvalue weighted by Crippen LogP contribution is 2.51. The molecule has 6 rings (SSSR count). The molecule has 0 saturated carbocycles. The Hall–Kier alpha value is -3.20. The van der Waals surface area contributed by atoms with Gasteiger partial charge >= 0.3 is 0 Å². The first kappa shape index (κ1) is 18.2. The Morgan fingerprint density at radius 3 is 2.50 bits per heavy atom. The van der Waals surface area contributed by atoms with Crippen molar-refractivity contribution in [1.29, 1.82) is 0 Å². The second kappa shape index (κ2) is 6.91. The summed E-state index contributed by atoms with van der Waals surface area (Å²) >= 11 is 0. The van der Waals surface area contributed by atoms with E-state index in [0.717, 1.165) is 51.4 Å². The molecule has 0 radical (unpaired) electrons. The van der Waals surface area contributed by atoms with E-state index in [0.29, 0.717) is 16.5 Å². The van der Waals surface area contributed by atoms with Crippen molar-refractivity contribution < 1.29 is 13.1 Å². The maximum absolute atomic E-state index is 8.39. The molecule has 2 heterocycles. The molecule has 1 aliphatic rings. The average Bonchev–Trinajstić information content (AvgIpc) is 3.20. The Balaban J connectivity index is 1.87. The third-order valence-corrected chi connectivity index (χ3v) is 8.08. The summed E-state index contributed by atoms with van der Waals surface area (Å²) in [6.07, 6.45) is 7.67. The van der Waals surface area contributed by atoms with Crippen LogP contribution in [0.1, 0.15) is 66.9 Å².